The first kappa shape index (κ1) is 15.1. The molecule has 0 bridgehead atoms. The van der Waals surface area contributed by atoms with E-state index in [2.05, 4.69) is 13.8 Å². The number of halogens is 2. The normalized spacial score (nSPS) is 23.2. The fraction of sp³-hybridized carbons (Fsp3) is 0.625. The lowest BCUT2D eigenvalue weighted by Gasteiger charge is -2.22. The third-order valence-electron chi connectivity index (χ3n) is 3.77. The number of rotatable bonds is 0. The summed E-state index contributed by atoms with van der Waals surface area (Å²) in [5.74, 6) is 0.567. The van der Waals surface area contributed by atoms with Crippen molar-refractivity contribution in [3.63, 3.8) is 0 Å². The van der Waals surface area contributed by atoms with E-state index in [1.54, 1.807) is 12.1 Å². The molecule has 0 aliphatic heterocycles. The average Bonchev–Trinajstić information content (AvgIpc) is 2.36. The third-order valence-corrected chi connectivity index (χ3v) is 3.77. The van der Waals surface area contributed by atoms with Crippen LogP contribution in [0.2, 0.25) is 0 Å². The Bertz CT molecular complexity index is 340. The van der Waals surface area contributed by atoms with E-state index >= 15 is 0 Å². The van der Waals surface area contributed by atoms with Crippen molar-refractivity contribution in [2.45, 2.75) is 53.4 Å². The Hall–Kier alpha value is -0.920. The second kappa shape index (κ2) is 6.86. The molecule has 0 nitrogen and oxygen atoms in total. The predicted molar refractivity (Wildman–Crippen MR) is 72.6 cm³/mol. The molecule has 0 saturated heterocycles. The molecule has 1 saturated carbocycles. The summed E-state index contributed by atoms with van der Waals surface area (Å²) in [5.41, 5.74) is 0.700. The predicted octanol–water partition coefficient (Wildman–Crippen LogP) is 5.41. The van der Waals surface area contributed by atoms with Gasteiger partial charge in [-0.3, -0.25) is 0 Å². The first-order valence-electron chi connectivity index (χ1n) is 6.83. The first-order valence-corrected chi connectivity index (χ1v) is 6.83. The Morgan fingerprint density at radius 1 is 0.778 bits per heavy atom. The fourth-order valence-corrected chi connectivity index (χ4v) is 2.17. The molecular formula is C16H24F2. The molecule has 1 aromatic rings. The van der Waals surface area contributed by atoms with Crippen LogP contribution in [0.1, 0.15) is 50.7 Å². The molecular weight excluding hydrogens is 230 g/mol. The van der Waals surface area contributed by atoms with E-state index < -0.39 is 11.6 Å². The molecule has 1 aliphatic rings. The Balaban J connectivity index is 0.000000184. The van der Waals surface area contributed by atoms with Crippen molar-refractivity contribution >= 4 is 0 Å². The molecule has 1 fully saturated rings. The topological polar surface area (TPSA) is 0 Å². The summed E-state index contributed by atoms with van der Waals surface area (Å²) in [7, 11) is 0. The molecule has 0 radical (unpaired) electrons. The summed E-state index contributed by atoms with van der Waals surface area (Å²) in [6.07, 6.45) is 5.89. The van der Waals surface area contributed by atoms with Crippen LogP contribution in [0.5, 0.6) is 0 Å². The van der Waals surface area contributed by atoms with E-state index in [0.29, 0.717) is 11.1 Å². The third kappa shape index (κ3) is 4.40. The first-order chi connectivity index (χ1) is 8.41. The van der Waals surface area contributed by atoms with Crippen molar-refractivity contribution < 1.29 is 8.78 Å². The van der Waals surface area contributed by atoms with Crippen LogP contribution in [0.4, 0.5) is 8.78 Å². The van der Waals surface area contributed by atoms with E-state index in [0.717, 1.165) is 11.8 Å². The van der Waals surface area contributed by atoms with Crippen LogP contribution in [0.25, 0.3) is 0 Å². The minimum Gasteiger partial charge on any atom is -0.203 e. The molecule has 1 aliphatic carbocycles. The molecule has 0 spiro atoms. The molecule has 0 unspecified atom stereocenters. The van der Waals surface area contributed by atoms with Crippen LogP contribution in [0.15, 0.2) is 12.1 Å². The van der Waals surface area contributed by atoms with Crippen LogP contribution >= 0.6 is 0 Å². The molecule has 18 heavy (non-hydrogen) atoms. The summed E-state index contributed by atoms with van der Waals surface area (Å²) >= 11 is 0. The Labute approximate surface area is 109 Å². The average molecular weight is 254 g/mol. The second-order valence-electron chi connectivity index (χ2n) is 5.69. The lowest BCUT2D eigenvalue weighted by Crippen LogP contribution is -2.08. The van der Waals surface area contributed by atoms with Gasteiger partial charge in [-0.1, -0.05) is 51.7 Å². The molecule has 2 heteroatoms. The highest BCUT2D eigenvalue weighted by Gasteiger charge is 2.13. The largest absolute Gasteiger partial charge is 0.203 e. The monoisotopic (exact) mass is 254 g/mol. The maximum absolute atomic E-state index is 12.6. The SMILES string of the molecule is CC1CCC(C)CC1.Cc1ccc(C)c(F)c1F. The van der Waals surface area contributed by atoms with Gasteiger partial charge in [0, 0.05) is 0 Å². The van der Waals surface area contributed by atoms with Gasteiger partial charge in [-0.15, -0.1) is 0 Å². The summed E-state index contributed by atoms with van der Waals surface area (Å²) in [6.45, 7) is 7.81. The lowest BCUT2D eigenvalue weighted by atomic mass is 9.84. The number of hydrogen-bond donors (Lipinski definition) is 0. The van der Waals surface area contributed by atoms with Crippen molar-refractivity contribution in [3.05, 3.63) is 34.9 Å². The van der Waals surface area contributed by atoms with Gasteiger partial charge in [-0.25, -0.2) is 8.78 Å². The maximum atomic E-state index is 12.6. The van der Waals surface area contributed by atoms with Crippen molar-refractivity contribution in [2.75, 3.05) is 0 Å². The van der Waals surface area contributed by atoms with E-state index in [1.165, 1.54) is 39.5 Å². The summed E-state index contributed by atoms with van der Waals surface area (Å²) < 4.78 is 25.2. The van der Waals surface area contributed by atoms with Gasteiger partial charge in [0.1, 0.15) is 0 Å². The highest BCUT2D eigenvalue weighted by molar-refractivity contribution is 5.23. The fourth-order valence-electron chi connectivity index (χ4n) is 2.17. The van der Waals surface area contributed by atoms with E-state index in [1.807, 2.05) is 0 Å². The molecule has 1 aromatic carbocycles. The molecule has 102 valence electrons. The van der Waals surface area contributed by atoms with Gasteiger partial charge in [0.2, 0.25) is 0 Å². The minimum absolute atomic E-state index is 0.350. The van der Waals surface area contributed by atoms with Crippen molar-refractivity contribution in [2.24, 2.45) is 11.8 Å². The van der Waals surface area contributed by atoms with Crippen LogP contribution < -0.4 is 0 Å². The molecule has 0 amide bonds. The van der Waals surface area contributed by atoms with Crippen LogP contribution in [0, 0.1) is 37.3 Å². The highest BCUT2D eigenvalue weighted by atomic mass is 19.2. The molecule has 0 atom stereocenters. The quantitative estimate of drug-likeness (QED) is 0.580. The number of benzene rings is 1. The molecule has 0 heterocycles. The van der Waals surface area contributed by atoms with Gasteiger partial charge < -0.3 is 0 Å². The number of aryl methyl sites for hydroxylation is 2. The van der Waals surface area contributed by atoms with Crippen LogP contribution in [-0.2, 0) is 0 Å². The minimum atomic E-state index is -0.736. The summed E-state index contributed by atoms with van der Waals surface area (Å²) in [6, 6.07) is 3.13. The van der Waals surface area contributed by atoms with E-state index in [9.17, 15) is 8.78 Å². The van der Waals surface area contributed by atoms with Gasteiger partial charge in [0.25, 0.3) is 0 Å². The Kier molecular flexibility index (Phi) is 5.77. The van der Waals surface area contributed by atoms with Crippen molar-refractivity contribution in [3.8, 4) is 0 Å². The van der Waals surface area contributed by atoms with E-state index in [4.69, 9.17) is 0 Å². The van der Waals surface area contributed by atoms with Gasteiger partial charge in [0.05, 0.1) is 0 Å². The summed E-state index contributed by atoms with van der Waals surface area (Å²) in [5, 5.41) is 0. The van der Waals surface area contributed by atoms with Gasteiger partial charge in [-0.2, -0.15) is 0 Å². The van der Waals surface area contributed by atoms with Crippen molar-refractivity contribution in [1.29, 1.82) is 0 Å². The molecule has 0 aromatic heterocycles. The lowest BCUT2D eigenvalue weighted by molar-refractivity contribution is 0.308. The standard InChI is InChI=1S/C8H8F2.C8H16/c1-5-3-4-6(2)8(10)7(5)9;1-7-3-5-8(2)6-4-7/h3-4H,1-2H3;7-8H,3-6H2,1-2H3. The van der Waals surface area contributed by atoms with Gasteiger partial charge >= 0.3 is 0 Å². The zero-order chi connectivity index (χ0) is 13.7. The Morgan fingerprint density at radius 3 is 1.33 bits per heavy atom. The molecule has 2 rings (SSSR count). The maximum Gasteiger partial charge on any atom is 0.161 e. The van der Waals surface area contributed by atoms with Crippen molar-refractivity contribution in [1.82, 2.24) is 0 Å². The smallest absolute Gasteiger partial charge is 0.161 e. The molecule has 0 N–H and O–H groups in total. The second-order valence-corrected chi connectivity index (χ2v) is 5.69. The van der Waals surface area contributed by atoms with Crippen LogP contribution in [0.3, 0.4) is 0 Å². The van der Waals surface area contributed by atoms with Crippen LogP contribution in [-0.4, -0.2) is 0 Å². The van der Waals surface area contributed by atoms with Gasteiger partial charge in [-0.05, 0) is 36.8 Å². The van der Waals surface area contributed by atoms with Gasteiger partial charge in [0.15, 0.2) is 11.6 Å². The van der Waals surface area contributed by atoms with E-state index in [-0.39, 0.29) is 0 Å². The highest BCUT2D eigenvalue weighted by Crippen LogP contribution is 2.27. The zero-order valence-electron chi connectivity index (χ0n) is 11.9. The zero-order valence-corrected chi connectivity index (χ0v) is 11.9. The Morgan fingerprint density at radius 2 is 1.06 bits per heavy atom. The number of hydrogen-bond acceptors (Lipinski definition) is 0. The summed E-state index contributed by atoms with van der Waals surface area (Å²) in [4.78, 5) is 0.